The van der Waals surface area contributed by atoms with Gasteiger partial charge in [-0.05, 0) is 36.2 Å². The number of anilines is 3. The van der Waals surface area contributed by atoms with E-state index in [2.05, 4.69) is 15.3 Å². The monoisotopic (exact) mass is 507 g/mol. The van der Waals surface area contributed by atoms with Crippen LogP contribution in [-0.2, 0) is 12.6 Å². The number of carbonyl (C=O) groups excluding carboxylic acids is 1. The number of alkyl halides is 3. The van der Waals surface area contributed by atoms with Crippen LogP contribution in [0.3, 0.4) is 0 Å². The molecule has 0 unspecified atom stereocenters. The Hall–Kier alpha value is -3.44. The summed E-state index contributed by atoms with van der Waals surface area (Å²) in [6, 6.07) is 4.50. The molecule has 5 rings (SSSR count). The first kappa shape index (κ1) is 22.4. The average Bonchev–Trinajstić information content (AvgIpc) is 3.40. The number of nitrogens with two attached hydrogens (primary N) is 1. The van der Waals surface area contributed by atoms with Crippen molar-refractivity contribution in [1.29, 1.82) is 0 Å². The number of hydrogen-bond donors (Lipinski definition) is 2. The normalized spacial score (nSPS) is 13.4. The molecule has 0 radical (unpaired) electrons. The molecule has 0 fully saturated rings. The Labute approximate surface area is 199 Å². The molecule has 0 saturated heterocycles. The van der Waals surface area contributed by atoms with Crippen molar-refractivity contribution in [1.82, 2.24) is 9.97 Å². The summed E-state index contributed by atoms with van der Waals surface area (Å²) in [4.78, 5) is 23.1. The van der Waals surface area contributed by atoms with E-state index in [0.29, 0.717) is 62.5 Å². The van der Waals surface area contributed by atoms with Gasteiger partial charge in [0, 0.05) is 23.1 Å². The minimum Gasteiger partial charge on any atom is -0.383 e. The molecule has 0 aliphatic carbocycles. The summed E-state index contributed by atoms with van der Waals surface area (Å²) < 4.78 is 53.0. The second kappa shape index (κ2) is 8.10. The maximum atomic E-state index is 14.1. The number of nitrogen functional groups attached to an aromatic ring is 1. The zero-order valence-corrected chi connectivity index (χ0v) is 18.7. The third-order valence-electron chi connectivity index (χ3n) is 5.56. The van der Waals surface area contributed by atoms with Crippen molar-refractivity contribution in [3.8, 4) is 11.1 Å². The van der Waals surface area contributed by atoms with Gasteiger partial charge >= 0.3 is 12.2 Å². The second-order valence-corrected chi connectivity index (χ2v) is 8.77. The number of hydrogen-bond acceptors (Lipinski definition) is 5. The highest BCUT2D eigenvalue weighted by Crippen LogP contribution is 2.44. The Morgan fingerprint density at radius 2 is 1.97 bits per heavy atom. The van der Waals surface area contributed by atoms with Crippen LogP contribution >= 0.6 is 22.9 Å². The number of nitrogens with zero attached hydrogens (tertiary/aromatic N) is 3. The van der Waals surface area contributed by atoms with Gasteiger partial charge in [-0.25, -0.2) is 19.2 Å². The molecular weight excluding hydrogens is 494 g/mol. The highest BCUT2D eigenvalue weighted by atomic mass is 35.5. The molecular formula is C22H14ClF4N5OS. The van der Waals surface area contributed by atoms with Crippen LogP contribution in [0.1, 0.15) is 11.1 Å². The van der Waals surface area contributed by atoms with Crippen molar-refractivity contribution < 1.29 is 22.4 Å². The first-order valence-corrected chi connectivity index (χ1v) is 11.2. The Balaban J connectivity index is 1.47. The predicted octanol–water partition coefficient (Wildman–Crippen LogP) is 6.35. The molecule has 174 valence electrons. The van der Waals surface area contributed by atoms with Gasteiger partial charge < -0.3 is 11.1 Å². The summed E-state index contributed by atoms with van der Waals surface area (Å²) in [5.74, 6) is -0.653. The number of urea groups is 1. The SMILES string of the molecule is Nc1ncnc2scc(-c3ccc4c(c3Cl)CCN4C(=O)Nc3cc(C(F)(F)F)ccc3F)c12. The van der Waals surface area contributed by atoms with Gasteiger partial charge in [0.05, 0.1) is 27.3 Å². The lowest BCUT2D eigenvalue weighted by Crippen LogP contribution is -2.33. The molecule has 1 aliphatic rings. The fraction of sp³-hybridized carbons (Fsp3) is 0.136. The fourth-order valence-corrected chi connectivity index (χ4v) is 5.21. The molecule has 4 aromatic rings. The summed E-state index contributed by atoms with van der Waals surface area (Å²) in [6.45, 7) is 0.223. The van der Waals surface area contributed by atoms with E-state index in [1.54, 1.807) is 12.1 Å². The number of nitrogens with one attached hydrogen (secondary N) is 1. The van der Waals surface area contributed by atoms with E-state index in [9.17, 15) is 22.4 Å². The van der Waals surface area contributed by atoms with Gasteiger partial charge in [-0.2, -0.15) is 13.2 Å². The van der Waals surface area contributed by atoms with Gasteiger partial charge in [-0.3, -0.25) is 4.90 Å². The number of benzene rings is 2. The van der Waals surface area contributed by atoms with E-state index in [1.165, 1.54) is 22.6 Å². The molecule has 0 spiro atoms. The molecule has 2 aromatic carbocycles. The Kier molecular flexibility index (Phi) is 5.33. The minimum absolute atomic E-state index is 0.223. The predicted molar refractivity (Wildman–Crippen MR) is 124 cm³/mol. The van der Waals surface area contributed by atoms with Crippen LogP contribution in [-0.4, -0.2) is 22.5 Å². The van der Waals surface area contributed by atoms with Crippen LogP contribution in [0.25, 0.3) is 21.3 Å². The van der Waals surface area contributed by atoms with Gasteiger partial charge in [0.2, 0.25) is 0 Å². The van der Waals surface area contributed by atoms with Crippen molar-refractivity contribution >= 4 is 56.4 Å². The number of aromatic nitrogens is 2. The third kappa shape index (κ3) is 3.70. The minimum atomic E-state index is -4.67. The number of rotatable bonds is 2. The molecule has 3 heterocycles. The largest absolute Gasteiger partial charge is 0.416 e. The van der Waals surface area contributed by atoms with Crippen LogP contribution in [0.5, 0.6) is 0 Å². The summed E-state index contributed by atoms with van der Waals surface area (Å²) in [7, 11) is 0. The molecule has 12 heteroatoms. The smallest absolute Gasteiger partial charge is 0.383 e. The first-order valence-electron chi connectivity index (χ1n) is 9.90. The van der Waals surface area contributed by atoms with Crippen LogP contribution in [0.2, 0.25) is 5.02 Å². The van der Waals surface area contributed by atoms with Gasteiger partial charge in [0.15, 0.2) is 0 Å². The number of carbonyl (C=O) groups is 1. The van der Waals surface area contributed by atoms with Crippen molar-refractivity contribution in [2.24, 2.45) is 0 Å². The molecule has 34 heavy (non-hydrogen) atoms. The van der Waals surface area contributed by atoms with Crippen molar-refractivity contribution in [3.63, 3.8) is 0 Å². The summed E-state index contributed by atoms with van der Waals surface area (Å²) in [5, 5.41) is 5.21. The fourth-order valence-electron chi connectivity index (χ4n) is 3.94. The van der Waals surface area contributed by atoms with Gasteiger partial charge in [-0.15, -0.1) is 11.3 Å². The lowest BCUT2D eigenvalue weighted by Gasteiger charge is -2.19. The number of amides is 2. The van der Waals surface area contributed by atoms with Crippen LogP contribution < -0.4 is 16.0 Å². The average molecular weight is 508 g/mol. The Morgan fingerprint density at radius 1 is 1.18 bits per heavy atom. The van der Waals surface area contributed by atoms with Crippen LogP contribution in [0.15, 0.2) is 42.0 Å². The van der Waals surface area contributed by atoms with E-state index in [1.807, 2.05) is 5.38 Å². The molecule has 0 saturated carbocycles. The number of fused-ring (bicyclic) bond motifs is 2. The maximum absolute atomic E-state index is 14.1. The van der Waals surface area contributed by atoms with E-state index >= 15 is 0 Å². The van der Waals surface area contributed by atoms with Crippen LogP contribution in [0, 0.1) is 5.82 Å². The van der Waals surface area contributed by atoms with E-state index in [-0.39, 0.29) is 6.54 Å². The number of thiophene rings is 1. The maximum Gasteiger partial charge on any atom is 0.416 e. The molecule has 1 aliphatic heterocycles. The second-order valence-electron chi connectivity index (χ2n) is 7.54. The van der Waals surface area contributed by atoms with Gasteiger partial charge in [0.25, 0.3) is 0 Å². The van der Waals surface area contributed by atoms with E-state index in [0.717, 1.165) is 5.56 Å². The standard InChI is InChI=1S/C22H14ClF4N5OS/c23-18-11(13-8-34-20-17(13)19(28)29-9-30-20)2-4-16-12(18)5-6-32(16)21(33)31-15-7-10(22(25,26)27)1-3-14(15)24/h1-4,7-9H,5-6H2,(H,31,33)(H2,28,29,30). The van der Waals surface area contributed by atoms with Crippen molar-refractivity contribution in [2.75, 3.05) is 22.5 Å². The molecule has 3 N–H and O–H groups in total. The molecule has 2 aromatic heterocycles. The lowest BCUT2D eigenvalue weighted by atomic mass is 10.0. The third-order valence-corrected chi connectivity index (χ3v) is 6.88. The number of halogens is 5. The summed E-state index contributed by atoms with van der Waals surface area (Å²) in [5.41, 5.74) is 7.05. The van der Waals surface area contributed by atoms with E-state index in [4.69, 9.17) is 17.3 Å². The van der Waals surface area contributed by atoms with Crippen molar-refractivity contribution in [3.05, 3.63) is 64.0 Å². The van der Waals surface area contributed by atoms with Gasteiger partial charge in [-0.1, -0.05) is 17.7 Å². The molecule has 0 bridgehead atoms. The highest BCUT2D eigenvalue weighted by molar-refractivity contribution is 7.17. The van der Waals surface area contributed by atoms with E-state index < -0.39 is 29.3 Å². The summed E-state index contributed by atoms with van der Waals surface area (Å²) >= 11 is 8.10. The molecule has 0 atom stereocenters. The van der Waals surface area contributed by atoms with Crippen molar-refractivity contribution in [2.45, 2.75) is 12.6 Å². The summed E-state index contributed by atoms with van der Waals surface area (Å²) in [6.07, 6.45) is -2.88. The van der Waals surface area contributed by atoms with Crippen LogP contribution in [0.4, 0.5) is 39.5 Å². The Bertz CT molecular complexity index is 1460. The van der Waals surface area contributed by atoms with Gasteiger partial charge in [0.1, 0.15) is 22.8 Å². The quantitative estimate of drug-likeness (QED) is 0.310. The zero-order chi connectivity index (χ0) is 24.2. The topological polar surface area (TPSA) is 84.1 Å². The zero-order valence-electron chi connectivity index (χ0n) is 17.1. The first-order chi connectivity index (χ1) is 16.1. The molecule has 6 nitrogen and oxygen atoms in total. The highest BCUT2D eigenvalue weighted by Gasteiger charge is 2.32. The lowest BCUT2D eigenvalue weighted by molar-refractivity contribution is -0.137. The Morgan fingerprint density at radius 3 is 2.74 bits per heavy atom. The molecule has 2 amide bonds.